The summed E-state index contributed by atoms with van der Waals surface area (Å²) in [5.74, 6) is 0. The Bertz CT molecular complexity index is 738. The second-order valence-electron chi connectivity index (χ2n) is 4.36. The number of benzene rings is 1. The molecule has 1 aromatic carbocycles. The Morgan fingerprint density at radius 3 is 2.72 bits per heavy atom. The molecule has 0 spiro atoms. The number of hydrogen-bond acceptors (Lipinski definition) is 2. The molecule has 0 N–H and O–H groups in total. The van der Waals surface area contributed by atoms with Gasteiger partial charge in [0.15, 0.2) is 0 Å². The quantitative estimate of drug-likeness (QED) is 0.689. The zero-order chi connectivity index (χ0) is 12.5. The summed E-state index contributed by atoms with van der Waals surface area (Å²) in [6.07, 6.45) is 1.55. The molecule has 0 bridgehead atoms. The topological polar surface area (TPSA) is 35.1 Å². The Labute approximate surface area is 104 Å². The van der Waals surface area contributed by atoms with Crippen LogP contribution in [0.25, 0.3) is 11.0 Å². The number of pyridine rings is 1. The Kier molecular flexibility index (Phi) is 2.52. The van der Waals surface area contributed by atoms with Gasteiger partial charge in [-0.2, -0.15) is 0 Å². The highest BCUT2D eigenvalue weighted by molar-refractivity contribution is 5.76. The molecule has 0 amide bonds. The van der Waals surface area contributed by atoms with Crippen molar-refractivity contribution in [2.75, 3.05) is 0 Å². The van der Waals surface area contributed by atoms with Crippen LogP contribution in [0.2, 0.25) is 0 Å². The standard InChI is InChI=1S/C15H13NO2/c1-11-9-14-13(7-8-18-14)15(17)16(11)10-12-5-3-2-4-6-12/h2-9H,10H2,1H3. The van der Waals surface area contributed by atoms with Gasteiger partial charge in [0.25, 0.3) is 5.56 Å². The van der Waals surface area contributed by atoms with Gasteiger partial charge in [0, 0.05) is 11.8 Å². The molecule has 18 heavy (non-hydrogen) atoms. The molecule has 2 heterocycles. The van der Waals surface area contributed by atoms with E-state index in [2.05, 4.69) is 0 Å². The van der Waals surface area contributed by atoms with Crippen LogP contribution in [0.4, 0.5) is 0 Å². The Morgan fingerprint density at radius 1 is 1.17 bits per heavy atom. The molecule has 0 aliphatic heterocycles. The fraction of sp³-hybridized carbons (Fsp3) is 0.133. The van der Waals surface area contributed by atoms with Crippen LogP contribution >= 0.6 is 0 Å². The molecule has 0 saturated carbocycles. The molecule has 0 aliphatic carbocycles. The first-order valence-electron chi connectivity index (χ1n) is 5.87. The van der Waals surface area contributed by atoms with E-state index in [1.807, 2.05) is 43.3 Å². The van der Waals surface area contributed by atoms with Crippen LogP contribution < -0.4 is 5.56 Å². The van der Waals surface area contributed by atoms with Crippen LogP contribution in [-0.2, 0) is 6.54 Å². The minimum absolute atomic E-state index is 0.00241. The molecular weight excluding hydrogens is 226 g/mol. The highest BCUT2D eigenvalue weighted by atomic mass is 16.3. The molecule has 0 fully saturated rings. The van der Waals surface area contributed by atoms with Gasteiger partial charge in [-0.15, -0.1) is 0 Å². The van der Waals surface area contributed by atoms with Crippen molar-refractivity contribution in [1.29, 1.82) is 0 Å². The molecule has 0 aliphatic rings. The zero-order valence-corrected chi connectivity index (χ0v) is 10.1. The van der Waals surface area contributed by atoms with E-state index < -0.39 is 0 Å². The third kappa shape index (κ3) is 1.74. The lowest BCUT2D eigenvalue weighted by Gasteiger charge is -2.09. The molecule has 3 heteroatoms. The van der Waals surface area contributed by atoms with Gasteiger partial charge < -0.3 is 8.98 Å². The number of nitrogens with zero attached hydrogens (tertiary/aromatic N) is 1. The van der Waals surface area contributed by atoms with Gasteiger partial charge in [-0.05, 0) is 18.6 Å². The van der Waals surface area contributed by atoms with Crippen LogP contribution in [0.1, 0.15) is 11.3 Å². The van der Waals surface area contributed by atoms with Crippen molar-refractivity contribution in [2.45, 2.75) is 13.5 Å². The molecule has 3 aromatic rings. The fourth-order valence-corrected chi connectivity index (χ4v) is 2.15. The zero-order valence-electron chi connectivity index (χ0n) is 10.1. The fourth-order valence-electron chi connectivity index (χ4n) is 2.15. The van der Waals surface area contributed by atoms with E-state index in [1.165, 1.54) is 0 Å². The SMILES string of the molecule is Cc1cc2occc2c(=O)n1Cc1ccccc1. The van der Waals surface area contributed by atoms with Crippen molar-refractivity contribution in [2.24, 2.45) is 0 Å². The summed E-state index contributed by atoms with van der Waals surface area (Å²) in [5.41, 5.74) is 2.68. The minimum Gasteiger partial charge on any atom is -0.464 e. The summed E-state index contributed by atoms with van der Waals surface area (Å²) in [5, 5.41) is 0.636. The second-order valence-corrected chi connectivity index (χ2v) is 4.36. The maximum atomic E-state index is 12.3. The van der Waals surface area contributed by atoms with Gasteiger partial charge in [-0.25, -0.2) is 0 Å². The average molecular weight is 239 g/mol. The van der Waals surface area contributed by atoms with E-state index in [4.69, 9.17) is 4.42 Å². The second kappa shape index (κ2) is 4.18. The Morgan fingerprint density at radius 2 is 1.94 bits per heavy atom. The van der Waals surface area contributed by atoms with E-state index >= 15 is 0 Å². The van der Waals surface area contributed by atoms with Crippen LogP contribution in [0, 0.1) is 6.92 Å². The summed E-state index contributed by atoms with van der Waals surface area (Å²) in [6.45, 7) is 2.51. The number of rotatable bonds is 2. The Balaban J connectivity index is 2.14. The predicted molar refractivity (Wildman–Crippen MR) is 70.8 cm³/mol. The normalized spacial score (nSPS) is 10.9. The third-order valence-electron chi connectivity index (χ3n) is 3.12. The van der Waals surface area contributed by atoms with Crippen LogP contribution in [0.3, 0.4) is 0 Å². The van der Waals surface area contributed by atoms with Gasteiger partial charge in [0.1, 0.15) is 5.58 Å². The lowest BCUT2D eigenvalue weighted by atomic mass is 10.2. The number of fused-ring (bicyclic) bond motifs is 1. The molecular formula is C15H13NO2. The lowest BCUT2D eigenvalue weighted by Crippen LogP contribution is -2.22. The van der Waals surface area contributed by atoms with Crippen molar-refractivity contribution >= 4 is 11.0 Å². The van der Waals surface area contributed by atoms with E-state index in [0.29, 0.717) is 17.5 Å². The van der Waals surface area contributed by atoms with Crippen LogP contribution in [0.5, 0.6) is 0 Å². The van der Waals surface area contributed by atoms with E-state index in [0.717, 1.165) is 11.3 Å². The predicted octanol–water partition coefficient (Wildman–Crippen LogP) is 2.95. The largest absolute Gasteiger partial charge is 0.464 e. The first-order chi connectivity index (χ1) is 8.75. The Hall–Kier alpha value is -2.29. The smallest absolute Gasteiger partial charge is 0.262 e. The maximum Gasteiger partial charge on any atom is 0.262 e. The molecule has 0 saturated heterocycles. The van der Waals surface area contributed by atoms with Crippen molar-refractivity contribution < 1.29 is 4.42 Å². The highest BCUT2D eigenvalue weighted by Gasteiger charge is 2.08. The summed E-state index contributed by atoms with van der Waals surface area (Å²) >= 11 is 0. The van der Waals surface area contributed by atoms with E-state index in [9.17, 15) is 4.79 Å². The van der Waals surface area contributed by atoms with Gasteiger partial charge in [0.05, 0.1) is 18.2 Å². The maximum absolute atomic E-state index is 12.3. The van der Waals surface area contributed by atoms with Crippen molar-refractivity contribution in [3.05, 3.63) is 70.3 Å². The number of furan rings is 1. The summed E-state index contributed by atoms with van der Waals surface area (Å²) in [4.78, 5) is 12.3. The summed E-state index contributed by atoms with van der Waals surface area (Å²) in [7, 11) is 0. The molecule has 3 nitrogen and oxygen atoms in total. The lowest BCUT2D eigenvalue weighted by molar-refractivity contribution is 0.612. The third-order valence-corrected chi connectivity index (χ3v) is 3.12. The number of hydrogen-bond donors (Lipinski definition) is 0. The van der Waals surface area contributed by atoms with Crippen molar-refractivity contribution in [3.8, 4) is 0 Å². The monoisotopic (exact) mass is 239 g/mol. The average Bonchev–Trinajstić information content (AvgIpc) is 2.84. The molecule has 0 unspecified atom stereocenters. The van der Waals surface area contributed by atoms with Gasteiger partial charge in [-0.1, -0.05) is 30.3 Å². The molecule has 90 valence electrons. The van der Waals surface area contributed by atoms with Gasteiger partial charge >= 0.3 is 0 Å². The molecule has 3 rings (SSSR count). The highest BCUT2D eigenvalue weighted by Crippen LogP contribution is 2.13. The summed E-state index contributed by atoms with van der Waals surface area (Å²) < 4.78 is 7.04. The van der Waals surface area contributed by atoms with Crippen LogP contribution in [0.15, 0.2) is 57.9 Å². The van der Waals surface area contributed by atoms with Crippen molar-refractivity contribution in [1.82, 2.24) is 4.57 Å². The van der Waals surface area contributed by atoms with Gasteiger partial charge in [0.2, 0.25) is 0 Å². The molecule has 2 aromatic heterocycles. The van der Waals surface area contributed by atoms with Crippen molar-refractivity contribution in [3.63, 3.8) is 0 Å². The van der Waals surface area contributed by atoms with E-state index in [-0.39, 0.29) is 5.56 Å². The number of aromatic nitrogens is 1. The molecule has 0 radical (unpaired) electrons. The molecule has 0 atom stereocenters. The van der Waals surface area contributed by atoms with Crippen LogP contribution in [-0.4, -0.2) is 4.57 Å². The minimum atomic E-state index is 0.00241. The summed E-state index contributed by atoms with van der Waals surface area (Å²) in [6, 6.07) is 13.6. The van der Waals surface area contributed by atoms with Gasteiger partial charge in [-0.3, -0.25) is 4.79 Å². The first kappa shape index (κ1) is 10.8. The first-order valence-corrected chi connectivity index (χ1v) is 5.87. The van der Waals surface area contributed by atoms with E-state index in [1.54, 1.807) is 16.9 Å². The number of aryl methyl sites for hydroxylation is 1.